The Morgan fingerprint density at radius 2 is 1.88 bits per heavy atom. The minimum atomic E-state index is -0.387. The van der Waals surface area contributed by atoms with Crippen LogP contribution in [0.4, 0.5) is 8.78 Å². The van der Waals surface area contributed by atoms with Crippen molar-refractivity contribution in [3.63, 3.8) is 0 Å². The molecule has 0 aliphatic heterocycles. The molecule has 2 heterocycles. The number of aromatic amines is 1. The average Bonchev–Trinajstić information content (AvgIpc) is 2.97. The highest BCUT2D eigenvalue weighted by Gasteiger charge is 2.15. The lowest BCUT2D eigenvalue weighted by Crippen LogP contribution is -2.24. The smallest absolute Gasteiger partial charge is 0.272 e. The molecule has 0 unspecified atom stereocenters. The number of rotatable bonds is 3. The maximum atomic E-state index is 13.4. The summed E-state index contributed by atoms with van der Waals surface area (Å²) < 4.78 is 26.6. The van der Waals surface area contributed by atoms with Gasteiger partial charge in [-0.1, -0.05) is 12.1 Å². The molecule has 4 aromatic rings. The van der Waals surface area contributed by atoms with Gasteiger partial charge in [-0.05, 0) is 42.0 Å². The summed E-state index contributed by atoms with van der Waals surface area (Å²) >= 11 is 0. The van der Waals surface area contributed by atoms with Crippen LogP contribution in [0.2, 0.25) is 0 Å². The van der Waals surface area contributed by atoms with Crippen LogP contribution in [0.1, 0.15) is 16.1 Å². The lowest BCUT2D eigenvalue weighted by Gasteiger charge is -2.06. The predicted octanol–water partition coefficient (Wildman–Crippen LogP) is 3.92. The van der Waals surface area contributed by atoms with Gasteiger partial charge >= 0.3 is 0 Å². The van der Waals surface area contributed by atoms with Crippen molar-refractivity contribution in [1.29, 1.82) is 0 Å². The van der Waals surface area contributed by atoms with E-state index in [-0.39, 0.29) is 29.8 Å². The van der Waals surface area contributed by atoms with Crippen LogP contribution in [-0.4, -0.2) is 15.9 Å². The topological polar surface area (TPSA) is 57.8 Å². The van der Waals surface area contributed by atoms with Gasteiger partial charge in [-0.15, -0.1) is 0 Å². The quantitative estimate of drug-likeness (QED) is 0.595. The Morgan fingerprint density at radius 1 is 1.04 bits per heavy atom. The Hall–Kier alpha value is -3.28. The van der Waals surface area contributed by atoms with Crippen LogP contribution >= 0.6 is 0 Å². The molecule has 0 aliphatic rings. The van der Waals surface area contributed by atoms with Crippen molar-refractivity contribution in [2.45, 2.75) is 6.54 Å². The average molecular weight is 337 g/mol. The fourth-order valence-electron chi connectivity index (χ4n) is 2.89. The van der Waals surface area contributed by atoms with E-state index < -0.39 is 0 Å². The molecule has 4 nitrogen and oxygen atoms in total. The second-order valence-electron chi connectivity index (χ2n) is 5.71. The maximum absolute atomic E-state index is 13.4. The Kier molecular flexibility index (Phi) is 3.65. The van der Waals surface area contributed by atoms with E-state index in [0.717, 1.165) is 10.8 Å². The normalized spacial score (nSPS) is 11.1. The van der Waals surface area contributed by atoms with Crippen LogP contribution in [0.15, 0.2) is 54.7 Å². The van der Waals surface area contributed by atoms with E-state index in [9.17, 15) is 13.6 Å². The summed E-state index contributed by atoms with van der Waals surface area (Å²) in [4.78, 5) is 19.7. The van der Waals surface area contributed by atoms with Crippen molar-refractivity contribution >= 4 is 27.7 Å². The number of hydrogen-bond donors (Lipinski definition) is 2. The lowest BCUT2D eigenvalue weighted by atomic mass is 10.1. The van der Waals surface area contributed by atoms with Crippen molar-refractivity contribution in [3.05, 3.63) is 77.6 Å². The van der Waals surface area contributed by atoms with E-state index >= 15 is 0 Å². The highest BCUT2D eigenvalue weighted by molar-refractivity contribution is 6.13. The largest absolute Gasteiger partial charge is 0.352 e. The molecule has 6 heteroatoms. The highest BCUT2D eigenvalue weighted by atomic mass is 19.1. The molecule has 4 rings (SSSR count). The summed E-state index contributed by atoms with van der Waals surface area (Å²) in [5, 5.41) is 4.34. The monoisotopic (exact) mass is 337 g/mol. The third kappa shape index (κ3) is 2.82. The van der Waals surface area contributed by atoms with Gasteiger partial charge in [0.15, 0.2) is 5.69 Å². The van der Waals surface area contributed by atoms with Crippen molar-refractivity contribution in [3.8, 4) is 0 Å². The summed E-state index contributed by atoms with van der Waals surface area (Å²) in [5.74, 6) is -1.10. The minimum Gasteiger partial charge on any atom is -0.352 e. The second kappa shape index (κ2) is 5.98. The fraction of sp³-hybridized carbons (Fsp3) is 0.0526. The molecule has 0 atom stereocenters. The van der Waals surface area contributed by atoms with Crippen LogP contribution in [0.3, 0.4) is 0 Å². The summed E-state index contributed by atoms with van der Waals surface area (Å²) in [7, 11) is 0. The van der Waals surface area contributed by atoms with Crippen molar-refractivity contribution < 1.29 is 13.6 Å². The number of fused-ring (bicyclic) bond motifs is 3. The number of benzene rings is 2. The summed E-state index contributed by atoms with van der Waals surface area (Å²) in [6.45, 7) is 0.184. The molecule has 0 bridgehead atoms. The third-order valence-electron chi connectivity index (χ3n) is 4.04. The van der Waals surface area contributed by atoms with Gasteiger partial charge in [-0.2, -0.15) is 0 Å². The minimum absolute atomic E-state index is 0.184. The first kappa shape index (κ1) is 15.3. The number of amides is 1. The van der Waals surface area contributed by atoms with E-state index in [1.54, 1.807) is 24.3 Å². The van der Waals surface area contributed by atoms with Gasteiger partial charge in [0.2, 0.25) is 0 Å². The number of halogens is 2. The maximum Gasteiger partial charge on any atom is 0.272 e. The van der Waals surface area contributed by atoms with E-state index in [1.807, 2.05) is 0 Å². The van der Waals surface area contributed by atoms with Crippen molar-refractivity contribution in [1.82, 2.24) is 15.3 Å². The summed E-state index contributed by atoms with van der Waals surface area (Å²) in [6, 6.07) is 12.2. The number of H-pyrrole nitrogens is 1. The van der Waals surface area contributed by atoms with Gasteiger partial charge in [0.25, 0.3) is 5.91 Å². The Labute approximate surface area is 141 Å². The van der Waals surface area contributed by atoms with E-state index in [4.69, 9.17) is 0 Å². The highest BCUT2D eigenvalue weighted by Crippen LogP contribution is 2.27. The zero-order valence-corrected chi connectivity index (χ0v) is 13.0. The number of nitrogens with zero attached hydrogens (tertiary/aromatic N) is 1. The number of pyridine rings is 1. The van der Waals surface area contributed by atoms with Gasteiger partial charge < -0.3 is 10.3 Å². The number of carbonyl (C=O) groups is 1. The van der Waals surface area contributed by atoms with Crippen LogP contribution in [0.25, 0.3) is 21.8 Å². The molecule has 1 amide bonds. The van der Waals surface area contributed by atoms with Crippen LogP contribution in [0, 0.1) is 11.6 Å². The molecule has 0 radical (unpaired) electrons. The summed E-state index contributed by atoms with van der Waals surface area (Å²) in [5.41, 5.74) is 2.01. The predicted molar refractivity (Wildman–Crippen MR) is 91.1 cm³/mol. The Bertz CT molecular complexity index is 1100. The van der Waals surface area contributed by atoms with E-state index in [1.165, 1.54) is 30.5 Å². The lowest BCUT2D eigenvalue weighted by molar-refractivity contribution is 0.0947. The molecule has 25 heavy (non-hydrogen) atoms. The van der Waals surface area contributed by atoms with Gasteiger partial charge in [0.05, 0.1) is 5.52 Å². The van der Waals surface area contributed by atoms with Gasteiger partial charge in [0.1, 0.15) is 11.6 Å². The first-order valence-corrected chi connectivity index (χ1v) is 7.70. The van der Waals surface area contributed by atoms with E-state index in [2.05, 4.69) is 15.3 Å². The van der Waals surface area contributed by atoms with Gasteiger partial charge in [-0.25, -0.2) is 13.8 Å². The SMILES string of the molecule is O=C(NCc1cccc(F)c1)c1nccc2c1[nH]c1cc(F)ccc12. The number of nitrogens with one attached hydrogen (secondary N) is 2. The van der Waals surface area contributed by atoms with Crippen LogP contribution in [-0.2, 0) is 6.54 Å². The van der Waals surface area contributed by atoms with Crippen molar-refractivity contribution in [2.24, 2.45) is 0 Å². The van der Waals surface area contributed by atoms with Crippen LogP contribution in [0.5, 0.6) is 0 Å². The van der Waals surface area contributed by atoms with Gasteiger partial charge in [0, 0.05) is 29.0 Å². The number of aromatic nitrogens is 2. The molecule has 2 aromatic carbocycles. The molecule has 124 valence electrons. The molecule has 0 spiro atoms. The third-order valence-corrected chi connectivity index (χ3v) is 4.04. The Balaban J connectivity index is 1.68. The van der Waals surface area contributed by atoms with Crippen molar-refractivity contribution in [2.75, 3.05) is 0 Å². The number of hydrogen-bond acceptors (Lipinski definition) is 2. The van der Waals surface area contributed by atoms with E-state index in [0.29, 0.717) is 16.6 Å². The molecule has 0 aliphatic carbocycles. The molecule has 2 N–H and O–H groups in total. The molecular weight excluding hydrogens is 324 g/mol. The zero-order valence-electron chi connectivity index (χ0n) is 13.0. The molecule has 0 saturated heterocycles. The fourth-order valence-corrected chi connectivity index (χ4v) is 2.89. The molecule has 2 aromatic heterocycles. The van der Waals surface area contributed by atoms with Crippen LogP contribution < -0.4 is 5.32 Å². The summed E-state index contributed by atoms with van der Waals surface area (Å²) in [6.07, 6.45) is 1.54. The number of carbonyl (C=O) groups excluding carboxylic acids is 1. The Morgan fingerprint density at radius 3 is 2.72 bits per heavy atom. The first-order valence-electron chi connectivity index (χ1n) is 7.70. The standard InChI is InChI=1S/C19H13F2N3O/c20-12-3-1-2-11(8-12)10-23-19(25)18-17-15(6-7-22-18)14-5-4-13(21)9-16(14)24-17/h1-9,24H,10H2,(H,23,25). The molecular formula is C19H13F2N3O. The second-order valence-corrected chi connectivity index (χ2v) is 5.71. The molecule has 0 saturated carbocycles. The molecule has 0 fully saturated rings. The zero-order chi connectivity index (χ0) is 17.4. The first-order chi connectivity index (χ1) is 12.1. The van der Waals surface area contributed by atoms with Gasteiger partial charge in [-0.3, -0.25) is 4.79 Å².